The van der Waals surface area contributed by atoms with Gasteiger partial charge in [-0.15, -0.1) is 5.10 Å². The number of ether oxygens (including phenoxy) is 1. The summed E-state index contributed by atoms with van der Waals surface area (Å²) in [4.78, 5) is 15.7. The van der Waals surface area contributed by atoms with Crippen molar-refractivity contribution in [1.29, 1.82) is 0 Å². The van der Waals surface area contributed by atoms with E-state index < -0.39 is 5.91 Å². The van der Waals surface area contributed by atoms with E-state index in [0.717, 1.165) is 42.6 Å². The standard InChI is InChI=1S/C14H17N5O2S/c1-21-11-5-3-2-4-10(11)18-6-8-19(9-7-18)14-12(13(15)20)16-17-22-14/h2-5H,6-9H2,1H3,(H2,15,20). The lowest BCUT2D eigenvalue weighted by Crippen LogP contribution is -2.46. The molecule has 0 spiro atoms. The summed E-state index contributed by atoms with van der Waals surface area (Å²) in [6.45, 7) is 3.22. The van der Waals surface area contributed by atoms with E-state index in [9.17, 15) is 4.79 Å². The van der Waals surface area contributed by atoms with E-state index in [-0.39, 0.29) is 5.69 Å². The largest absolute Gasteiger partial charge is 0.495 e. The molecule has 0 unspecified atom stereocenters. The van der Waals surface area contributed by atoms with Gasteiger partial charge in [0, 0.05) is 37.7 Å². The Labute approximate surface area is 132 Å². The van der Waals surface area contributed by atoms with Crippen molar-refractivity contribution >= 4 is 28.1 Å². The van der Waals surface area contributed by atoms with Crippen LogP contribution in [-0.4, -0.2) is 48.8 Å². The molecule has 1 amide bonds. The number of carbonyl (C=O) groups is 1. The van der Waals surface area contributed by atoms with Crippen molar-refractivity contribution in [3.05, 3.63) is 30.0 Å². The van der Waals surface area contributed by atoms with Crippen LogP contribution in [0.25, 0.3) is 0 Å². The molecule has 2 heterocycles. The van der Waals surface area contributed by atoms with E-state index in [0.29, 0.717) is 0 Å². The Morgan fingerprint density at radius 1 is 1.23 bits per heavy atom. The molecule has 1 aliphatic heterocycles. The summed E-state index contributed by atoms with van der Waals surface area (Å²) in [6, 6.07) is 7.97. The van der Waals surface area contributed by atoms with E-state index in [4.69, 9.17) is 10.5 Å². The fourth-order valence-electron chi connectivity index (χ4n) is 2.59. The van der Waals surface area contributed by atoms with E-state index in [1.54, 1.807) is 7.11 Å². The Bertz CT molecular complexity index is 667. The highest BCUT2D eigenvalue weighted by atomic mass is 32.1. The van der Waals surface area contributed by atoms with Crippen molar-refractivity contribution in [2.45, 2.75) is 0 Å². The van der Waals surface area contributed by atoms with Crippen LogP contribution in [0.5, 0.6) is 5.75 Å². The van der Waals surface area contributed by atoms with Crippen LogP contribution in [0.1, 0.15) is 10.5 Å². The number of hydrogen-bond donors (Lipinski definition) is 1. The van der Waals surface area contributed by atoms with E-state index in [1.807, 2.05) is 18.2 Å². The maximum absolute atomic E-state index is 11.4. The summed E-state index contributed by atoms with van der Waals surface area (Å²) < 4.78 is 9.25. The van der Waals surface area contributed by atoms with Gasteiger partial charge in [-0.2, -0.15) is 0 Å². The molecule has 0 radical (unpaired) electrons. The fraction of sp³-hybridized carbons (Fsp3) is 0.357. The van der Waals surface area contributed by atoms with Crippen LogP contribution in [0.15, 0.2) is 24.3 Å². The first-order valence-corrected chi connectivity index (χ1v) is 7.73. The topological polar surface area (TPSA) is 84.6 Å². The average molecular weight is 319 g/mol. The lowest BCUT2D eigenvalue weighted by Gasteiger charge is -2.36. The maximum atomic E-state index is 11.4. The molecule has 2 aromatic rings. The van der Waals surface area contributed by atoms with Crippen LogP contribution in [0.4, 0.5) is 10.7 Å². The first kappa shape index (κ1) is 14.6. The maximum Gasteiger partial charge on any atom is 0.272 e. The molecule has 1 fully saturated rings. The molecule has 22 heavy (non-hydrogen) atoms. The van der Waals surface area contributed by atoms with Crippen LogP contribution in [-0.2, 0) is 0 Å². The Balaban J connectivity index is 1.73. The molecular weight excluding hydrogens is 302 g/mol. The van der Waals surface area contributed by atoms with E-state index >= 15 is 0 Å². The molecule has 8 heteroatoms. The molecule has 3 rings (SSSR count). The SMILES string of the molecule is COc1ccccc1N1CCN(c2snnc2C(N)=O)CC1. The van der Waals surface area contributed by atoms with Gasteiger partial charge >= 0.3 is 0 Å². The minimum Gasteiger partial charge on any atom is -0.495 e. The van der Waals surface area contributed by atoms with Gasteiger partial charge in [0.2, 0.25) is 0 Å². The van der Waals surface area contributed by atoms with E-state index in [2.05, 4.69) is 25.5 Å². The molecule has 0 saturated carbocycles. The number of methoxy groups -OCH3 is 1. The molecule has 0 bridgehead atoms. The summed E-state index contributed by atoms with van der Waals surface area (Å²) in [5.41, 5.74) is 6.68. The Morgan fingerprint density at radius 3 is 2.59 bits per heavy atom. The first-order chi connectivity index (χ1) is 10.7. The quantitative estimate of drug-likeness (QED) is 0.904. The van der Waals surface area contributed by atoms with Crippen molar-refractivity contribution in [2.75, 3.05) is 43.1 Å². The summed E-state index contributed by atoms with van der Waals surface area (Å²) in [5, 5.41) is 4.57. The van der Waals surface area contributed by atoms with Crippen molar-refractivity contribution in [1.82, 2.24) is 9.59 Å². The number of aromatic nitrogens is 2. The zero-order valence-corrected chi connectivity index (χ0v) is 13.0. The molecule has 1 saturated heterocycles. The third-order valence-corrected chi connectivity index (χ3v) is 4.48. The number of hydrogen-bond acceptors (Lipinski definition) is 7. The minimum atomic E-state index is -0.532. The number of nitrogens with zero attached hydrogens (tertiary/aromatic N) is 4. The molecular formula is C14H17N5O2S. The van der Waals surface area contributed by atoms with Gasteiger partial charge in [-0.1, -0.05) is 16.6 Å². The highest BCUT2D eigenvalue weighted by Gasteiger charge is 2.24. The molecule has 116 valence electrons. The summed E-state index contributed by atoms with van der Waals surface area (Å²) in [7, 11) is 1.68. The van der Waals surface area contributed by atoms with Crippen molar-refractivity contribution in [3.63, 3.8) is 0 Å². The van der Waals surface area contributed by atoms with Gasteiger partial charge in [0.1, 0.15) is 10.8 Å². The number of amides is 1. The first-order valence-electron chi connectivity index (χ1n) is 6.95. The average Bonchev–Trinajstić information content (AvgIpc) is 3.05. The zero-order chi connectivity index (χ0) is 15.5. The zero-order valence-electron chi connectivity index (χ0n) is 12.2. The number of primary amides is 1. The number of para-hydroxylation sites is 2. The molecule has 1 aliphatic rings. The van der Waals surface area contributed by atoms with Crippen LogP contribution >= 0.6 is 11.5 Å². The monoisotopic (exact) mass is 319 g/mol. The summed E-state index contributed by atoms with van der Waals surface area (Å²) in [6.07, 6.45) is 0. The number of piperazine rings is 1. The lowest BCUT2D eigenvalue weighted by molar-refractivity contribution is 0.0996. The number of rotatable bonds is 4. The Kier molecular flexibility index (Phi) is 4.10. The number of anilines is 2. The second kappa shape index (κ2) is 6.18. The van der Waals surface area contributed by atoms with Gasteiger partial charge in [-0.3, -0.25) is 4.79 Å². The molecule has 2 N–H and O–H groups in total. The van der Waals surface area contributed by atoms with Gasteiger partial charge in [0.25, 0.3) is 5.91 Å². The van der Waals surface area contributed by atoms with Crippen molar-refractivity contribution in [2.24, 2.45) is 5.73 Å². The van der Waals surface area contributed by atoms with Crippen LogP contribution in [0.2, 0.25) is 0 Å². The number of benzene rings is 1. The van der Waals surface area contributed by atoms with Crippen LogP contribution < -0.4 is 20.3 Å². The molecule has 7 nitrogen and oxygen atoms in total. The van der Waals surface area contributed by atoms with Crippen LogP contribution in [0, 0.1) is 0 Å². The molecule has 1 aromatic carbocycles. The summed E-state index contributed by atoms with van der Waals surface area (Å²) >= 11 is 1.21. The highest BCUT2D eigenvalue weighted by molar-refractivity contribution is 7.10. The Morgan fingerprint density at radius 2 is 1.91 bits per heavy atom. The molecule has 1 aromatic heterocycles. The fourth-order valence-corrected chi connectivity index (χ4v) is 3.32. The van der Waals surface area contributed by atoms with Crippen LogP contribution in [0.3, 0.4) is 0 Å². The second-order valence-electron chi connectivity index (χ2n) is 4.94. The number of carbonyl (C=O) groups excluding carboxylic acids is 1. The molecule has 0 atom stereocenters. The highest BCUT2D eigenvalue weighted by Crippen LogP contribution is 2.30. The normalized spacial score (nSPS) is 15.0. The smallest absolute Gasteiger partial charge is 0.272 e. The predicted molar refractivity (Wildman–Crippen MR) is 85.8 cm³/mol. The van der Waals surface area contributed by atoms with Gasteiger partial charge in [0.05, 0.1) is 12.8 Å². The summed E-state index contributed by atoms with van der Waals surface area (Å²) in [5.74, 6) is 0.337. The number of nitrogens with two attached hydrogens (primary N) is 1. The Hall–Kier alpha value is -2.35. The van der Waals surface area contributed by atoms with E-state index in [1.165, 1.54) is 11.5 Å². The van der Waals surface area contributed by atoms with Gasteiger partial charge < -0.3 is 20.3 Å². The molecule has 0 aliphatic carbocycles. The van der Waals surface area contributed by atoms with Gasteiger partial charge in [-0.25, -0.2) is 0 Å². The second-order valence-corrected chi connectivity index (χ2v) is 5.67. The minimum absolute atomic E-state index is 0.260. The third kappa shape index (κ3) is 2.69. The predicted octanol–water partition coefficient (Wildman–Crippen LogP) is 0.972. The third-order valence-electron chi connectivity index (χ3n) is 3.70. The van der Waals surface area contributed by atoms with Crippen molar-refractivity contribution in [3.8, 4) is 5.75 Å². The van der Waals surface area contributed by atoms with Crippen molar-refractivity contribution < 1.29 is 9.53 Å². The van der Waals surface area contributed by atoms with Gasteiger partial charge in [0.15, 0.2) is 5.69 Å². The lowest BCUT2D eigenvalue weighted by atomic mass is 10.2. The van der Waals surface area contributed by atoms with Gasteiger partial charge in [-0.05, 0) is 12.1 Å².